The molecule has 1 amide bonds. The zero-order valence-electron chi connectivity index (χ0n) is 11.4. The summed E-state index contributed by atoms with van der Waals surface area (Å²) in [5, 5.41) is 6.96. The molecule has 2 unspecified atom stereocenters. The van der Waals surface area contributed by atoms with Gasteiger partial charge in [-0.05, 0) is 36.8 Å². The van der Waals surface area contributed by atoms with E-state index in [0.717, 1.165) is 21.3 Å². The van der Waals surface area contributed by atoms with Crippen LogP contribution in [0.1, 0.15) is 30.1 Å². The number of halogens is 2. The molecule has 1 heterocycles. The number of carbonyl (C=O) groups is 1. The molecule has 2 aromatic rings. The number of anilines is 1. The SMILES string of the molecule is CC(NC1C(=O)Nc2cc(Br)ccc21)c1cccc(Cl)c1. The summed E-state index contributed by atoms with van der Waals surface area (Å²) in [4.78, 5) is 12.2. The molecule has 2 N–H and O–H groups in total. The number of benzene rings is 2. The first kappa shape index (κ1) is 14.6. The van der Waals surface area contributed by atoms with Crippen molar-refractivity contribution in [1.29, 1.82) is 0 Å². The van der Waals surface area contributed by atoms with Crippen molar-refractivity contribution in [2.24, 2.45) is 0 Å². The molecule has 0 radical (unpaired) electrons. The van der Waals surface area contributed by atoms with Crippen molar-refractivity contribution < 1.29 is 4.79 Å². The van der Waals surface area contributed by atoms with Gasteiger partial charge in [-0.2, -0.15) is 0 Å². The fraction of sp³-hybridized carbons (Fsp3) is 0.188. The van der Waals surface area contributed by atoms with Gasteiger partial charge in [-0.3, -0.25) is 10.1 Å². The lowest BCUT2D eigenvalue weighted by atomic mass is 10.0. The van der Waals surface area contributed by atoms with Gasteiger partial charge in [0.15, 0.2) is 0 Å². The van der Waals surface area contributed by atoms with Gasteiger partial charge in [0.2, 0.25) is 5.91 Å². The fourth-order valence-electron chi connectivity index (χ4n) is 2.52. The Morgan fingerprint density at radius 3 is 2.86 bits per heavy atom. The van der Waals surface area contributed by atoms with Crippen LogP contribution in [0.2, 0.25) is 5.02 Å². The predicted molar refractivity (Wildman–Crippen MR) is 88.5 cm³/mol. The van der Waals surface area contributed by atoms with E-state index in [9.17, 15) is 4.79 Å². The molecule has 1 aliphatic rings. The molecule has 0 saturated heterocycles. The van der Waals surface area contributed by atoms with Crippen molar-refractivity contribution in [3.05, 3.63) is 63.1 Å². The van der Waals surface area contributed by atoms with E-state index in [0.29, 0.717) is 5.02 Å². The van der Waals surface area contributed by atoms with Gasteiger partial charge in [0.1, 0.15) is 6.04 Å². The summed E-state index contributed by atoms with van der Waals surface area (Å²) in [7, 11) is 0. The van der Waals surface area contributed by atoms with Gasteiger partial charge >= 0.3 is 0 Å². The summed E-state index contributed by atoms with van der Waals surface area (Å²) < 4.78 is 0.949. The van der Waals surface area contributed by atoms with Crippen molar-refractivity contribution in [2.75, 3.05) is 5.32 Å². The van der Waals surface area contributed by atoms with E-state index in [2.05, 4.69) is 26.6 Å². The molecule has 5 heteroatoms. The molecule has 0 saturated carbocycles. The highest BCUT2D eigenvalue weighted by atomic mass is 79.9. The first-order valence-electron chi connectivity index (χ1n) is 6.66. The summed E-state index contributed by atoms with van der Waals surface area (Å²) in [6.07, 6.45) is 0. The van der Waals surface area contributed by atoms with Gasteiger partial charge in [0.05, 0.1) is 0 Å². The van der Waals surface area contributed by atoms with E-state index in [4.69, 9.17) is 11.6 Å². The molecule has 0 aliphatic carbocycles. The number of fused-ring (bicyclic) bond motifs is 1. The molecule has 0 fully saturated rings. The summed E-state index contributed by atoms with van der Waals surface area (Å²) >= 11 is 9.43. The van der Waals surface area contributed by atoms with Crippen LogP contribution in [0, 0.1) is 0 Å². The average Bonchev–Trinajstić information content (AvgIpc) is 2.74. The molecule has 21 heavy (non-hydrogen) atoms. The second-order valence-corrected chi connectivity index (χ2v) is 6.45. The Morgan fingerprint density at radius 2 is 2.10 bits per heavy atom. The van der Waals surface area contributed by atoms with Crippen molar-refractivity contribution in [3.63, 3.8) is 0 Å². The third kappa shape index (κ3) is 2.98. The van der Waals surface area contributed by atoms with Gasteiger partial charge in [0.25, 0.3) is 0 Å². The zero-order valence-corrected chi connectivity index (χ0v) is 13.7. The molecule has 0 bridgehead atoms. The van der Waals surface area contributed by atoms with Crippen LogP contribution >= 0.6 is 27.5 Å². The number of hydrogen-bond donors (Lipinski definition) is 2. The third-order valence-corrected chi connectivity index (χ3v) is 4.34. The normalized spacial score (nSPS) is 18.2. The van der Waals surface area contributed by atoms with Crippen LogP contribution < -0.4 is 10.6 Å². The highest BCUT2D eigenvalue weighted by Gasteiger charge is 2.31. The number of amides is 1. The zero-order chi connectivity index (χ0) is 15.0. The minimum atomic E-state index is -0.345. The van der Waals surface area contributed by atoms with Crippen LogP contribution in [0.5, 0.6) is 0 Å². The quantitative estimate of drug-likeness (QED) is 0.844. The van der Waals surface area contributed by atoms with Gasteiger partial charge in [0, 0.05) is 26.8 Å². The molecule has 1 aliphatic heterocycles. The first-order chi connectivity index (χ1) is 10.0. The largest absolute Gasteiger partial charge is 0.324 e. The van der Waals surface area contributed by atoms with E-state index < -0.39 is 0 Å². The molecular weight excluding hydrogens is 352 g/mol. The minimum absolute atomic E-state index is 0.0223. The highest BCUT2D eigenvalue weighted by Crippen LogP contribution is 2.34. The monoisotopic (exact) mass is 364 g/mol. The Kier molecular flexibility index (Phi) is 4.02. The van der Waals surface area contributed by atoms with Gasteiger partial charge in [-0.15, -0.1) is 0 Å². The standard InChI is InChI=1S/C16H14BrClN2O/c1-9(10-3-2-4-12(18)7-10)19-15-13-6-5-11(17)8-14(13)20-16(15)21/h2-9,15,19H,1H3,(H,20,21). The van der Waals surface area contributed by atoms with E-state index in [1.165, 1.54) is 0 Å². The van der Waals surface area contributed by atoms with Gasteiger partial charge in [-0.25, -0.2) is 0 Å². The second kappa shape index (κ2) is 5.79. The molecule has 0 spiro atoms. The maximum Gasteiger partial charge on any atom is 0.246 e. The van der Waals surface area contributed by atoms with Crippen molar-refractivity contribution in [3.8, 4) is 0 Å². The fourth-order valence-corrected chi connectivity index (χ4v) is 3.08. The maximum absolute atomic E-state index is 12.2. The van der Waals surface area contributed by atoms with Crippen molar-refractivity contribution in [2.45, 2.75) is 19.0 Å². The first-order valence-corrected chi connectivity index (χ1v) is 7.83. The van der Waals surface area contributed by atoms with Crippen LogP contribution in [0.4, 0.5) is 5.69 Å². The van der Waals surface area contributed by atoms with Crippen molar-refractivity contribution in [1.82, 2.24) is 5.32 Å². The van der Waals surface area contributed by atoms with E-state index in [1.807, 2.05) is 49.4 Å². The molecule has 108 valence electrons. The van der Waals surface area contributed by atoms with Crippen molar-refractivity contribution >= 4 is 39.1 Å². The summed E-state index contributed by atoms with van der Waals surface area (Å²) in [6.45, 7) is 2.02. The molecule has 3 nitrogen and oxygen atoms in total. The van der Waals surface area contributed by atoms with Crippen LogP contribution in [0.3, 0.4) is 0 Å². The minimum Gasteiger partial charge on any atom is -0.324 e. The van der Waals surface area contributed by atoms with Gasteiger partial charge in [-0.1, -0.05) is 45.7 Å². The lowest BCUT2D eigenvalue weighted by Gasteiger charge is -2.19. The summed E-state index contributed by atoms with van der Waals surface area (Å²) in [5.41, 5.74) is 2.88. The molecule has 3 rings (SSSR count). The number of rotatable bonds is 3. The average molecular weight is 366 g/mol. The Bertz CT molecular complexity index is 704. The van der Waals surface area contributed by atoms with E-state index in [-0.39, 0.29) is 18.0 Å². The number of nitrogens with one attached hydrogen (secondary N) is 2. The number of carbonyl (C=O) groups excluding carboxylic acids is 1. The van der Waals surface area contributed by atoms with Crippen LogP contribution in [-0.2, 0) is 4.79 Å². The molecule has 0 aromatic heterocycles. The Labute approximate surface area is 136 Å². The second-order valence-electron chi connectivity index (χ2n) is 5.10. The Morgan fingerprint density at radius 1 is 1.29 bits per heavy atom. The maximum atomic E-state index is 12.2. The number of hydrogen-bond acceptors (Lipinski definition) is 2. The lowest BCUT2D eigenvalue weighted by Crippen LogP contribution is -2.29. The predicted octanol–water partition coefficient (Wildman–Crippen LogP) is 4.45. The summed E-state index contributed by atoms with van der Waals surface area (Å²) in [6, 6.07) is 13.2. The third-order valence-electron chi connectivity index (χ3n) is 3.61. The smallest absolute Gasteiger partial charge is 0.246 e. The molecular formula is C16H14BrClN2O. The van der Waals surface area contributed by atoms with E-state index in [1.54, 1.807) is 0 Å². The van der Waals surface area contributed by atoms with Crippen LogP contribution in [0.15, 0.2) is 46.9 Å². The van der Waals surface area contributed by atoms with Gasteiger partial charge < -0.3 is 5.32 Å². The summed E-state index contributed by atoms with van der Waals surface area (Å²) in [5.74, 6) is -0.0306. The Balaban J connectivity index is 1.84. The van der Waals surface area contributed by atoms with E-state index >= 15 is 0 Å². The topological polar surface area (TPSA) is 41.1 Å². The van der Waals surface area contributed by atoms with Crippen LogP contribution in [0.25, 0.3) is 0 Å². The Hall–Kier alpha value is -1.36. The molecule has 2 atom stereocenters. The lowest BCUT2D eigenvalue weighted by molar-refractivity contribution is -0.117. The highest BCUT2D eigenvalue weighted by molar-refractivity contribution is 9.10. The molecule has 2 aromatic carbocycles. The van der Waals surface area contributed by atoms with Crippen LogP contribution in [-0.4, -0.2) is 5.91 Å².